The van der Waals surface area contributed by atoms with Crippen molar-refractivity contribution in [2.75, 3.05) is 24.1 Å². The van der Waals surface area contributed by atoms with Gasteiger partial charge in [0, 0.05) is 36.5 Å². The number of urea groups is 1. The molecule has 3 aromatic heterocycles. The van der Waals surface area contributed by atoms with Gasteiger partial charge >= 0.3 is 12.2 Å². The molecule has 0 aromatic carbocycles. The number of nitrogens with zero attached hydrogens (tertiary/aromatic N) is 5. The van der Waals surface area contributed by atoms with E-state index in [1.807, 2.05) is 6.92 Å². The maximum absolute atomic E-state index is 13.1. The summed E-state index contributed by atoms with van der Waals surface area (Å²) in [5.41, 5.74) is 11.2. The molecule has 0 atom stereocenters. The monoisotopic (exact) mass is 464 g/mol. The molecule has 3 heterocycles. The molecular weight excluding hydrogens is 441 g/mol. The minimum absolute atomic E-state index is 0.224. The number of amides is 2. The van der Waals surface area contributed by atoms with E-state index in [0.29, 0.717) is 24.2 Å². The molecule has 33 heavy (non-hydrogen) atoms. The van der Waals surface area contributed by atoms with Gasteiger partial charge in [-0.2, -0.15) is 13.2 Å². The molecule has 0 aliphatic rings. The molecule has 14 heteroatoms. The first-order chi connectivity index (χ1) is 15.6. The zero-order valence-electron chi connectivity index (χ0n) is 17.6. The van der Waals surface area contributed by atoms with Crippen molar-refractivity contribution in [3.05, 3.63) is 42.4 Å². The minimum atomic E-state index is -4.62. The Labute approximate surface area is 186 Å². The Balaban J connectivity index is 1.68. The standard InChI is InChI=1S/C19H23F3N10O/c1-2-32(25)30-14(23)5-6-26-18(33)29-15-10-31-9-11(3-4-16(31)28-15)12-7-13(19(20,21)22)17(24)27-8-12/h3-4,7-10H,2,5-6,25H2,1H3,(H2,23,30)(H2,24,27)(H2,26,29,33). The normalized spacial score (nSPS) is 12.1. The van der Waals surface area contributed by atoms with Crippen LogP contribution in [0.25, 0.3) is 16.8 Å². The fourth-order valence-corrected chi connectivity index (χ4v) is 2.83. The lowest BCUT2D eigenvalue weighted by Gasteiger charge is -2.11. The highest BCUT2D eigenvalue weighted by molar-refractivity contribution is 5.89. The predicted octanol–water partition coefficient (Wildman–Crippen LogP) is 1.98. The Kier molecular flexibility index (Phi) is 6.86. The second-order valence-electron chi connectivity index (χ2n) is 6.94. The van der Waals surface area contributed by atoms with Gasteiger partial charge in [-0.1, -0.05) is 0 Å². The van der Waals surface area contributed by atoms with Crippen molar-refractivity contribution in [3.63, 3.8) is 0 Å². The number of carbonyl (C=O) groups is 1. The number of nitrogens with two attached hydrogens (primary N) is 3. The first-order valence-corrected chi connectivity index (χ1v) is 9.78. The number of halogens is 3. The summed E-state index contributed by atoms with van der Waals surface area (Å²) in [6, 6.07) is 3.63. The maximum Gasteiger partial charge on any atom is 0.419 e. The molecule has 3 aromatic rings. The van der Waals surface area contributed by atoms with Crippen LogP contribution in [-0.2, 0) is 6.18 Å². The molecule has 11 nitrogen and oxygen atoms in total. The Bertz CT molecular complexity index is 1170. The van der Waals surface area contributed by atoms with Crippen molar-refractivity contribution in [1.29, 1.82) is 0 Å². The van der Waals surface area contributed by atoms with E-state index in [1.165, 1.54) is 17.5 Å². The number of hydrogen-bond donors (Lipinski definition) is 5. The van der Waals surface area contributed by atoms with Crippen molar-refractivity contribution in [2.24, 2.45) is 16.7 Å². The van der Waals surface area contributed by atoms with E-state index in [1.54, 1.807) is 22.7 Å². The number of anilines is 2. The molecule has 3 rings (SSSR count). The largest absolute Gasteiger partial charge is 0.419 e. The summed E-state index contributed by atoms with van der Waals surface area (Å²) in [5, 5.41) is 10.3. The smallest absolute Gasteiger partial charge is 0.386 e. The molecule has 0 saturated carbocycles. The third-order valence-corrected chi connectivity index (χ3v) is 4.50. The van der Waals surface area contributed by atoms with Crippen LogP contribution in [0.1, 0.15) is 18.9 Å². The van der Waals surface area contributed by atoms with Crippen LogP contribution >= 0.6 is 0 Å². The molecule has 0 unspecified atom stereocenters. The Morgan fingerprint density at radius 2 is 2.03 bits per heavy atom. The fourth-order valence-electron chi connectivity index (χ4n) is 2.83. The quantitative estimate of drug-likeness (QED) is 0.154. The van der Waals surface area contributed by atoms with Crippen LogP contribution in [0.2, 0.25) is 0 Å². The van der Waals surface area contributed by atoms with E-state index in [0.717, 1.165) is 6.07 Å². The predicted molar refractivity (Wildman–Crippen MR) is 118 cm³/mol. The van der Waals surface area contributed by atoms with E-state index in [9.17, 15) is 18.0 Å². The first-order valence-electron chi connectivity index (χ1n) is 9.78. The van der Waals surface area contributed by atoms with Crippen molar-refractivity contribution in [2.45, 2.75) is 19.5 Å². The molecule has 8 N–H and O–H groups in total. The lowest BCUT2D eigenvalue weighted by molar-refractivity contribution is -0.137. The zero-order chi connectivity index (χ0) is 24.2. The van der Waals surface area contributed by atoms with Crippen LogP contribution in [-0.4, -0.2) is 44.4 Å². The lowest BCUT2D eigenvalue weighted by Crippen LogP contribution is -2.33. The van der Waals surface area contributed by atoms with Gasteiger partial charge in [-0.3, -0.25) is 5.32 Å². The second-order valence-corrected chi connectivity index (χ2v) is 6.94. The Morgan fingerprint density at radius 1 is 1.27 bits per heavy atom. The van der Waals surface area contributed by atoms with Crippen LogP contribution in [0.4, 0.5) is 29.6 Å². The Hall–Kier alpha value is -4.07. The average Bonchev–Trinajstić information content (AvgIpc) is 3.14. The highest BCUT2D eigenvalue weighted by Crippen LogP contribution is 2.35. The van der Waals surface area contributed by atoms with Crippen molar-refractivity contribution < 1.29 is 18.0 Å². The summed E-state index contributed by atoms with van der Waals surface area (Å²) >= 11 is 0. The molecule has 176 valence electrons. The van der Waals surface area contributed by atoms with E-state index in [-0.39, 0.29) is 23.8 Å². The molecule has 0 saturated heterocycles. The molecule has 0 aliphatic heterocycles. The van der Waals surface area contributed by atoms with Gasteiger partial charge < -0.3 is 21.2 Å². The number of nitrogen functional groups attached to an aromatic ring is 1. The molecule has 0 radical (unpaired) electrons. The van der Waals surface area contributed by atoms with E-state index in [2.05, 4.69) is 25.7 Å². The van der Waals surface area contributed by atoms with Crippen LogP contribution in [0.3, 0.4) is 0 Å². The molecule has 0 bridgehead atoms. The van der Waals surface area contributed by atoms with Crippen molar-refractivity contribution in [1.82, 2.24) is 24.8 Å². The number of hydrazone groups is 1. The van der Waals surface area contributed by atoms with E-state index < -0.39 is 23.6 Å². The highest BCUT2D eigenvalue weighted by atomic mass is 19.4. The zero-order valence-corrected chi connectivity index (χ0v) is 17.6. The van der Waals surface area contributed by atoms with Gasteiger partial charge in [0.2, 0.25) is 0 Å². The van der Waals surface area contributed by atoms with Crippen molar-refractivity contribution >= 4 is 29.1 Å². The van der Waals surface area contributed by atoms with Crippen LogP contribution in [0.5, 0.6) is 0 Å². The molecular formula is C19H23F3N10O. The number of carbonyl (C=O) groups excluding carboxylic acids is 1. The molecule has 2 amide bonds. The van der Waals surface area contributed by atoms with Crippen LogP contribution in [0.15, 0.2) is 41.9 Å². The topological polar surface area (TPSA) is 165 Å². The van der Waals surface area contributed by atoms with Gasteiger partial charge in [-0.25, -0.2) is 25.7 Å². The summed E-state index contributed by atoms with van der Waals surface area (Å²) in [6.07, 6.45) is 0.0339. The van der Waals surface area contributed by atoms with Crippen molar-refractivity contribution in [3.8, 4) is 11.1 Å². The number of imidazole rings is 1. The second kappa shape index (κ2) is 9.60. The number of rotatable bonds is 7. The molecule has 0 fully saturated rings. The number of aromatic nitrogens is 3. The third kappa shape index (κ3) is 6.00. The summed E-state index contributed by atoms with van der Waals surface area (Å²) in [7, 11) is 0. The number of pyridine rings is 2. The van der Waals surface area contributed by atoms with Gasteiger partial charge in [0.1, 0.15) is 17.3 Å². The maximum atomic E-state index is 13.1. The minimum Gasteiger partial charge on any atom is -0.386 e. The van der Waals surface area contributed by atoms with Crippen LogP contribution < -0.4 is 27.9 Å². The number of nitrogens with one attached hydrogen (secondary N) is 2. The summed E-state index contributed by atoms with van der Waals surface area (Å²) < 4.78 is 40.9. The van der Waals surface area contributed by atoms with Gasteiger partial charge in [0.25, 0.3) is 0 Å². The van der Waals surface area contributed by atoms with Gasteiger partial charge in [0.05, 0.1) is 18.3 Å². The van der Waals surface area contributed by atoms with Crippen LogP contribution in [0, 0.1) is 0 Å². The fraction of sp³-hybridized carbons (Fsp3) is 0.263. The summed E-state index contributed by atoms with van der Waals surface area (Å²) in [4.78, 5) is 20.0. The van der Waals surface area contributed by atoms with Gasteiger partial charge in [-0.15, -0.1) is 5.10 Å². The number of hydrogen-bond acceptors (Lipinski definition) is 7. The number of hydrazine groups is 1. The summed E-state index contributed by atoms with van der Waals surface area (Å²) in [5.74, 6) is 5.45. The number of amidine groups is 1. The molecule has 0 aliphatic carbocycles. The van der Waals surface area contributed by atoms with Gasteiger partial charge in [0.15, 0.2) is 5.82 Å². The highest BCUT2D eigenvalue weighted by Gasteiger charge is 2.34. The average molecular weight is 464 g/mol. The SMILES string of the molecule is CCN(N)/N=C(\N)CCNC(=O)Nc1cn2cc(-c3cnc(N)c(C(F)(F)F)c3)ccc2n1. The lowest BCUT2D eigenvalue weighted by atomic mass is 10.1. The van der Waals surface area contributed by atoms with Gasteiger partial charge in [-0.05, 0) is 25.1 Å². The molecule has 0 spiro atoms. The van der Waals surface area contributed by atoms with E-state index >= 15 is 0 Å². The first kappa shape index (κ1) is 23.6. The summed E-state index contributed by atoms with van der Waals surface area (Å²) in [6.45, 7) is 2.52. The number of alkyl halides is 3. The number of fused-ring (bicyclic) bond motifs is 1. The van der Waals surface area contributed by atoms with E-state index in [4.69, 9.17) is 17.3 Å². The third-order valence-electron chi connectivity index (χ3n) is 4.50. The Morgan fingerprint density at radius 3 is 2.73 bits per heavy atom.